The largest absolute Gasteiger partial charge is 0.396 e. The lowest BCUT2D eigenvalue weighted by atomic mass is 9.81. The molecule has 0 atom stereocenters. The average Bonchev–Trinajstić information content (AvgIpc) is 2.54. The van der Waals surface area contributed by atoms with Gasteiger partial charge in [-0.15, -0.1) is 0 Å². The molecule has 3 rings (SSSR count). The third-order valence-electron chi connectivity index (χ3n) is 4.57. The van der Waals surface area contributed by atoms with E-state index in [9.17, 15) is 15.2 Å². The molecule has 6 nitrogen and oxygen atoms in total. The summed E-state index contributed by atoms with van der Waals surface area (Å²) >= 11 is 0. The van der Waals surface area contributed by atoms with Crippen molar-refractivity contribution in [2.75, 3.05) is 24.6 Å². The fourth-order valence-corrected chi connectivity index (χ4v) is 2.99. The van der Waals surface area contributed by atoms with Gasteiger partial charge < -0.3 is 15.0 Å². The number of hydrogen-bond donors (Lipinski definition) is 2. The molecule has 2 aromatic rings. The van der Waals surface area contributed by atoms with Crippen LogP contribution >= 0.6 is 0 Å². The SMILES string of the molecule is CC1(CO)CCN(c2c(C#N)c(=O)[nH]c3cnccc23)CC1. The lowest BCUT2D eigenvalue weighted by Gasteiger charge is -2.39. The van der Waals surface area contributed by atoms with E-state index in [1.165, 1.54) is 0 Å². The zero-order valence-electron chi connectivity index (χ0n) is 12.5. The van der Waals surface area contributed by atoms with Crippen LogP contribution in [0.1, 0.15) is 25.3 Å². The first kappa shape index (κ1) is 14.5. The van der Waals surface area contributed by atoms with Crippen molar-refractivity contribution >= 4 is 16.6 Å². The van der Waals surface area contributed by atoms with Gasteiger partial charge in [0, 0.05) is 31.3 Å². The molecule has 0 radical (unpaired) electrons. The number of nitrogens with zero attached hydrogens (tertiary/aromatic N) is 3. The predicted molar refractivity (Wildman–Crippen MR) is 83.7 cm³/mol. The van der Waals surface area contributed by atoms with E-state index in [-0.39, 0.29) is 23.1 Å². The zero-order chi connectivity index (χ0) is 15.7. The second-order valence-corrected chi connectivity index (χ2v) is 6.17. The molecule has 3 heterocycles. The van der Waals surface area contributed by atoms with Gasteiger partial charge in [0.1, 0.15) is 11.6 Å². The summed E-state index contributed by atoms with van der Waals surface area (Å²) in [5, 5.41) is 19.7. The quantitative estimate of drug-likeness (QED) is 0.874. The number of H-pyrrole nitrogens is 1. The Bertz CT molecular complexity index is 798. The van der Waals surface area contributed by atoms with Crippen LogP contribution in [0.5, 0.6) is 0 Å². The highest BCUT2D eigenvalue weighted by atomic mass is 16.3. The van der Waals surface area contributed by atoms with Gasteiger partial charge in [-0.3, -0.25) is 9.78 Å². The summed E-state index contributed by atoms with van der Waals surface area (Å²) in [6.07, 6.45) is 4.91. The van der Waals surface area contributed by atoms with Crippen molar-refractivity contribution < 1.29 is 5.11 Å². The number of aliphatic hydroxyl groups excluding tert-OH is 1. The molecular formula is C16H18N4O2. The molecule has 114 valence electrons. The first-order chi connectivity index (χ1) is 10.6. The van der Waals surface area contributed by atoms with Crippen LogP contribution in [0.2, 0.25) is 0 Å². The zero-order valence-corrected chi connectivity index (χ0v) is 12.5. The molecule has 0 aromatic carbocycles. The number of piperidine rings is 1. The van der Waals surface area contributed by atoms with Crippen LogP contribution in [-0.4, -0.2) is 34.8 Å². The van der Waals surface area contributed by atoms with Crippen molar-refractivity contribution in [3.05, 3.63) is 34.4 Å². The van der Waals surface area contributed by atoms with Crippen molar-refractivity contribution in [1.82, 2.24) is 9.97 Å². The lowest BCUT2D eigenvalue weighted by Crippen LogP contribution is -2.41. The van der Waals surface area contributed by atoms with Crippen LogP contribution in [0.3, 0.4) is 0 Å². The molecule has 2 aromatic heterocycles. The topological polar surface area (TPSA) is 93.0 Å². The second kappa shape index (κ2) is 5.43. The molecule has 6 heteroatoms. The number of aromatic amines is 1. The highest BCUT2D eigenvalue weighted by molar-refractivity contribution is 5.93. The van der Waals surface area contributed by atoms with Gasteiger partial charge in [-0.25, -0.2) is 0 Å². The molecule has 1 aliphatic heterocycles. The number of nitrogens with one attached hydrogen (secondary N) is 1. The normalized spacial score (nSPS) is 17.4. The first-order valence-electron chi connectivity index (χ1n) is 7.34. The summed E-state index contributed by atoms with van der Waals surface area (Å²) in [5.41, 5.74) is 1.00. The fraction of sp³-hybridized carbons (Fsp3) is 0.438. The van der Waals surface area contributed by atoms with Crippen molar-refractivity contribution in [3.8, 4) is 6.07 Å². The van der Waals surface area contributed by atoms with E-state index < -0.39 is 0 Å². The molecule has 0 aliphatic carbocycles. The molecule has 1 saturated heterocycles. The van der Waals surface area contributed by atoms with E-state index in [1.807, 2.05) is 12.1 Å². The minimum absolute atomic E-state index is 0.0815. The summed E-state index contributed by atoms with van der Waals surface area (Å²) in [4.78, 5) is 21.0. The van der Waals surface area contributed by atoms with Crippen LogP contribution in [0.25, 0.3) is 10.9 Å². The van der Waals surface area contributed by atoms with Crippen molar-refractivity contribution in [2.45, 2.75) is 19.8 Å². The summed E-state index contributed by atoms with van der Waals surface area (Å²) in [6, 6.07) is 3.85. The van der Waals surface area contributed by atoms with Gasteiger partial charge in [-0.05, 0) is 24.3 Å². The first-order valence-corrected chi connectivity index (χ1v) is 7.34. The fourth-order valence-electron chi connectivity index (χ4n) is 2.99. The lowest BCUT2D eigenvalue weighted by molar-refractivity contribution is 0.115. The van der Waals surface area contributed by atoms with Gasteiger partial charge in [0.15, 0.2) is 0 Å². The molecule has 0 unspecified atom stereocenters. The summed E-state index contributed by atoms with van der Waals surface area (Å²) < 4.78 is 0. The van der Waals surface area contributed by atoms with E-state index in [4.69, 9.17) is 0 Å². The molecule has 0 saturated carbocycles. The number of aromatic nitrogens is 2. The number of rotatable bonds is 2. The number of aliphatic hydroxyl groups is 1. The molecule has 1 fully saturated rings. The van der Waals surface area contributed by atoms with Gasteiger partial charge in [0.25, 0.3) is 5.56 Å². The summed E-state index contributed by atoms with van der Waals surface area (Å²) in [5.74, 6) is 0. The minimum Gasteiger partial charge on any atom is -0.396 e. The van der Waals surface area contributed by atoms with Gasteiger partial charge >= 0.3 is 0 Å². The maximum Gasteiger partial charge on any atom is 0.268 e. The van der Waals surface area contributed by atoms with Crippen molar-refractivity contribution in [2.24, 2.45) is 5.41 Å². The Morgan fingerprint density at radius 3 is 2.86 bits per heavy atom. The number of nitriles is 1. The molecule has 0 spiro atoms. The molecule has 1 aliphatic rings. The summed E-state index contributed by atoms with van der Waals surface area (Å²) in [7, 11) is 0. The predicted octanol–water partition coefficient (Wildman–Crippen LogP) is 1.39. The van der Waals surface area contributed by atoms with Gasteiger partial charge in [-0.2, -0.15) is 5.26 Å². The monoisotopic (exact) mass is 298 g/mol. The Labute approximate surface area is 128 Å². The minimum atomic E-state index is -0.381. The van der Waals surface area contributed by atoms with Crippen LogP contribution < -0.4 is 10.5 Å². The highest BCUT2D eigenvalue weighted by Crippen LogP contribution is 2.35. The number of fused-ring (bicyclic) bond motifs is 1. The van der Waals surface area contributed by atoms with E-state index >= 15 is 0 Å². The third-order valence-corrected chi connectivity index (χ3v) is 4.57. The Kier molecular flexibility index (Phi) is 3.59. The van der Waals surface area contributed by atoms with Crippen LogP contribution in [0.15, 0.2) is 23.3 Å². The van der Waals surface area contributed by atoms with Crippen LogP contribution in [0, 0.1) is 16.7 Å². The van der Waals surface area contributed by atoms with E-state index in [0.29, 0.717) is 24.3 Å². The average molecular weight is 298 g/mol. The molecule has 0 amide bonds. The number of pyridine rings is 2. The Balaban J connectivity index is 2.11. The number of hydrogen-bond acceptors (Lipinski definition) is 5. The molecule has 22 heavy (non-hydrogen) atoms. The van der Waals surface area contributed by atoms with Gasteiger partial charge in [0.2, 0.25) is 0 Å². The van der Waals surface area contributed by atoms with E-state index in [0.717, 1.165) is 18.2 Å². The molecular weight excluding hydrogens is 280 g/mol. The summed E-state index contributed by atoms with van der Waals surface area (Å²) in [6.45, 7) is 3.65. The van der Waals surface area contributed by atoms with Crippen molar-refractivity contribution in [3.63, 3.8) is 0 Å². The Morgan fingerprint density at radius 2 is 2.23 bits per heavy atom. The highest BCUT2D eigenvalue weighted by Gasteiger charge is 2.31. The Hall–Kier alpha value is -2.39. The van der Waals surface area contributed by atoms with E-state index in [2.05, 4.69) is 21.8 Å². The maximum atomic E-state index is 12.1. The molecule has 2 N–H and O–H groups in total. The number of anilines is 1. The van der Waals surface area contributed by atoms with Gasteiger partial charge in [0.05, 0.1) is 17.4 Å². The van der Waals surface area contributed by atoms with Gasteiger partial charge in [-0.1, -0.05) is 6.92 Å². The van der Waals surface area contributed by atoms with E-state index in [1.54, 1.807) is 12.4 Å². The van der Waals surface area contributed by atoms with Crippen LogP contribution in [0.4, 0.5) is 5.69 Å². The van der Waals surface area contributed by atoms with Crippen molar-refractivity contribution in [1.29, 1.82) is 5.26 Å². The van der Waals surface area contributed by atoms with Crippen LogP contribution in [-0.2, 0) is 0 Å². The maximum absolute atomic E-state index is 12.1. The third kappa shape index (κ3) is 2.34. The second-order valence-electron chi connectivity index (χ2n) is 6.17. The molecule has 0 bridgehead atoms. The Morgan fingerprint density at radius 1 is 1.50 bits per heavy atom. The standard InChI is InChI=1S/C16H18N4O2/c1-16(10-21)3-6-20(7-4-16)14-11-2-5-18-9-13(11)19-15(22)12(14)8-17/h2,5,9,21H,3-4,6-7,10H2,1H3,(H,19,22). The smallest absolute Gasteiger partial charge is 0.268 e.